The lowest BCUT2D eigenvalue weighted by Gasteiger charge is -2.28. The Labute approximate surface area is 141 Å². The fraction of sp³-hybridized carbons (Fsp3) is 0.316. The fourth-order valence-electron chi connectivity index (χ4n) is 3.24. The number of anilines is 1. The van der Waals surface area contributed by atoms with Crippen molar-refractivity contribution in [3.05, 3.63) is 59.2 Å². The van der Waals surface area contributed by atoms with Crippen molar-refractivity contribution in [2.45, 2.75) is 26.4 Å². The van der Waals surface area contributed by atoms with Crippen LogP contribution in [0.4, 0.5) is 5.13 Å². The smallest absolute Gasteiger partial charge is 0.183 e. The third-order valence-corrected chi connectivity index (χ3v) is 5.37. The van der Waals surface area contributed by atoms with Crippen LogP contribution in [0.25, 0.3) is 10.2 Å². The number of hydrogen-bond donors (Lipinski definition) is 1. The molecule has 2 heterocycles. The molecule has 3 nitrogen and oxygen atoms in total. The molecule has 2 aromatic carbocycles. The van der Waals surface area contributed by atoms with Crippen LogP contribution in [0.2, 0.25) is 0 Å². The van der Waals surface area contributed by atoms with E-state index in [0.29, 0.717) is 0 Å². The van der Waals surface area contributed by atoms with Gasteiger partial charge in [-0.1, -0.05) is 41.7 Å². The van der Waals surface area contributed by atoms with E-state index in [1.165, 1.54) is 21.4 Å². The van der Waals surface area contributed by atoms with Gasteiger partial charge in [0, 0.05) is 26.2 Å². The van der Waals surface area contributed by atoms with Crippen LogP contribution in [0.3, 0.4) is 0 Å². The molecule has 23 heavy (non-hydrogen) atoms. The van der Waals surface area contributed by atoms with E-state index < -0.39 is 0 Å². The largest absolute Gasteiger partial charge is 0.362 e. The van der Waals surface area contributed by atoms with Crippen LogP contribution in [-0.4, -0.2) is 23.0 Å². The van der Waals surface area contributed by atoms with Gasteiger partial charge in [0.25, 0.3) is 0 Å². The summed E-state index contributed by atoms with van der Waals surface area (Å²) in [6.07, 6.45) is 1.16. The van der Waals surface area contributed by atoms with E-state index in [2.05, 4.69) is 64.6 Å². The molecule has 4 rings (SSSR count). The Hall–Kier alpha value is -1.91. The maximum atomic E-state index is 4.61. The second-order valence-electron chi connectivity index (χ2n) is 6.08. The molecule has 0 fully saturated rings. The molecule has 0 radical (unpaired) electrons. The average molecular weight is 323 g/mol. The average Bonchev–Trinajstić information content (AvgIpc) is 2.97. The van der Waals surface area contributed by atoms with E-state index in [-0.39, 0.29) is 0 Å². The Morgan fingerprint density at radius 2 is 2.04 bits per heavy atom. The van der Waals surface area contributed by atoms with Gasteiger partial charge in [0.15, 0.2) is 5.13 Å². The van der Waals surface area contributed by atoms with Gasteiger partial charge in [0.1, 0.15) is 0 Å². The number of benzene rings is 2. The Kier molecular flexibility index (Phi) is 4.02. The summed E-state index contributed by atoms with van der Waals surface area (Å²) >= 11 is 1.75. The summed E-state index contributed by atoms with van der Waals surface area (Å²) in [5, 5.41) is 4.33. The van der Waals surface area contributed by atoms with E-state index in [9.17, 15) is 0 Å². The number of nitrogens with zero attached hydrogens (tertiary/aromatic N) is 2. The third kappa shape index (κ3) is 3.09. The van der Waals surface area contributed by atoms with E-state index in [0.717, 1.165) is 43.2 Å². The van der Waals surface area contributed by atoms with Crippen LogP contribution in [0, 0.1) is 0 Å². The predicted octanol–water partition coefficient (Wildman–Crippen LogP) is 4.29. The summed E-state index contributed by atoms with van der Waals surface area (Å²) in [6, 6.07) is 15.5. The number of fused-ring (bicyclic) bond motifs is 2. The van der Waals surface area contributed by atoms with Gasteiger partial charge >= 0.3 is 0 Å². The second-order valence-corrected chi connectivity index (χ2v) is 7.11. The third-order valence-electron chi connectivity index (χ3n) is 4.40. The zero-order valence-corrected chi connectivity index (χ0v) is 14.2. The first-order valence-electron chi connectivity index (χ1n) is 8.24. The van der Waals surface area contributed by atoms with Crippen molar-refractivity contribution in [3.8, 4) is 0 Å². The van der Waals surface area contributed by atoms with Crippen LogP contribution >= 0.6 is 11.3 Å². The normalized spacial score (nSPS) is 14.8. The molecule has 1 aliphatic heterocycles. The lowest BCUT2D eigenvalue weighted by Crippen LogP contribution is -2.29. The van der Waals surface area contributed by atoms with Crippen LogP contribution < -0.4 is 5.32 Å². The highest BCUT2D eigenvalue weighted by Gasteiger charge is 2.16. The SMILES string of the molecule is CCNc1nc2ccc(CN3CCc4ccccc4C3)cc2s1. The van der Waals surface area contributed by atoms with Crippen molar-refractivity contribution < 1.29 is 0 Å². The number of aromatic nitrogens is 1. The molecule has 1 N–H and O–H groups in total. The van der Waals surface area contributed by atoms with Crippen molar-refractivity contribution in [2.75, 3.05) is 18.4 Å². The van der Waals surface area contributed by atoms with Gasteiger partial charge in [-0.2, -0.15) is 0 Å². The van der Waals surface area contributed by atoms with Gasteiger partial charge < -0.3 is 5.32 Å². The molecular weight excluding hydrogens is 302 g/mol. The fourth-order valence-corrected chi connectivity index (χ4v) is 4.24. The van der Waals surface area contributed by atoms with Gasteiger partial charge in [-0.25, -0.2) is 4.98 Å². The van der Waals surface area contributed by atoms with Gasteiger partial charge in [-0.15, -0.1) is 0 Å². The van der Waals surface area contributed by atoms with Crippen molar-refractivity contribution in [3.63, 3.8) is 0 Å². The van der Waals surface area contributed by atoms with Crippen molar-refractivity contribution in [2.24, 2.45) is 0 Å². The molecule has 1 aliphatic rings. The van der Waals surface area contributed by atoms with Gasteiger partial charge in [-0.05, 0) is 42.2 Å². The first-order valence-corrected chi connectivity index (χ1v) is 9.06. The van der Waals surface area contributed by atoms with E-state index in [4.69, 9.17) is 0 Å². The lowest BCUT2D eigenvalue weighted by molar-refractivity contribution is 0.245. The standard InChI is InChI=1S/C19H21N3S/c1-2-20-19-21-17-8-7-14(11-18(17)23-19)12-22-10-9-15-5-3-4-6-16(15)13-22/h3-8,11H,2,9-10,12-13H2,1H3,(H,20,21). The van der Waals surface area contributed by atoms with Crippen LogP contribution in [0.1, 0.15) is 23.6 Å². The summed E-state index contributed by atoms with van der Waals surface area (Å²) < 4.78 is 1.27. The maximum absolute atomic E-state index is 4.61. The molecule has 0 atom stereocenters. The molecule has 0 saturated heterocycles. The Bertz CT molecular complexity index is 824. The molecule has 3 aromatic rings. The molecule has 0 unspecified atom stereocenters. The molecular formula is C19H21N3S. The van der Waals surface area contributed by atoms with Crippen molar-refractivity contribution >= 4 is 26.7 Å². The van der Waals surface area contributed by atoms with Gasteiger partial charge in [-0.3, -0.25) is 4.90 Å². The molecule has 0 aliphatic carbocycles. The van der Waals surface area contributed by atoms with Crippen molar-refractivity contribution in [1.29, 1.82) is 0 Å². The zero-order chi connectivity index (χ0) is 15.6. The molecule has 1 aromatic heterocycles. The predicted molar refractivity (Wildman–Crippen MR) is 98.0 cm³/mol. The minimum Gasteiger partial charge on any atom is -0.362 e. The Balaban J connectivity index is 1.52. The Morgan fingerprint density at radius 1 is 1.17 bits per heavy atom. The van der Waals surface area contributed by atoms with Crippen LogP contribution in [0.15, 0.2) is 42.5 Å². The highest BCUT2D eigenvalue weighted by atomic mass is 32.1. The number of rotatable bonds is 4. The molecule has 0 bridgehead atoms. The monoisotopic (exact) mass is 323 g/mol. The summed E-state index contributed by atoms with van der Waals surface area (Å²) in [7, 11) is 0. The molecule has 0 amide bonds. The highest BCUT2D eigenvalue weighted by Crippen LogP contribution is 2.28. The topological polar surface area (TPSA) is 28.2 Å². The molecule has 0 saturated carbocycles. The maximum Gasteiger partial charge on any atom is 0.183 e. The number of hydrogen-bond acceptors (Lipinski definition) is 4. The van der Waals surface area contributed by atoms with Crippen molar-refractivity contribution in [1.82, 2.24) is 9.88 Å². The van der Waals surface area contributed by atoms with Gasteiger partial charge in [0.05, 0.1) is 10.2 Å². The van der Waals surface area contributed by atoms with E-state index in [1.54, 1.807) is 11.3 Å². The summed E-state index contributed by atoms with van der Waals surface area (Å²) in [5.74, 6) is 0. The Morgan fingerprint density at radius 3 is 2.91 bits per heavy atom. The van der Waals surface area contributed by atoms with Gasteiger partial charge in [0.2, 0.25) is 0 Å². The number of nitrogens with one attached hydrogen (secondary N) is 1. The summed E-state index contributed by atoms with van der Waals surface area (Å²) in [6.45, 7) is 6.23. The second kappa shape index (κ2) is 6.30. The first-order chi connectivity index (χ1) is 11.3. The highest BCUT2D eigenvalue weighted by molar-refractivity contribution is 7.22. The minimum atomic E-state index is 0.917. The lowest BCUT2D eigenvalue weighted by atomic mass is 9.99. The van der Waals surface area contributed by atoms with E-state index >= 15 is 0 Å². The van der Waals surface area contributed by atoms with E-state index in [1.807, 2.05) is 0 Å². The molecule has 118 valence electrons. The molecule has 4 heteroatoms. The summed E-state index contributed by atoms with van der Waals surface area (Å²) in [4.78, 5) is 7.15. The molecule has 0 spiro atoms. The minimum absolute atomic E-state index is 0.917. The quantitative estimate of drug-likeness (QED) is 0.776. The summed E-state index contributed by atoms with van der Waals surface area (Å²) in [5.41, 5.74) is 5.46. The zero-order valence-electron chi connectivity index (χ0n) is 13.4. The van der Waals surface area contributed by atoms with Crippen LogP contribution in [0.5, 0.6) is 0 Å². The number of thiazole rings is 1. The first kappa shape index (κ1) is 14.7. The van der Waals surface area contributed by atoms with Crippen LogP contribution in [-0.2, 0) is 19.5 Å².